The molecule has 148 valence electrons. The van der Waals surface area contributed by atoms with Crippen molar-refractivity contribution in [1.82, 2.24) is 5.32 Å². The first-order valence-electron chi connectivity index (χ1n) is 8.32. The van der Waals surface area contributed by atoms with E-state index in [0.29, 0.717) is 10.6 Å². The minimum atomic E-state index is -1.14. The highest BCUT2D eigenvalue weighted by atomic mass is 35.5. The third kappa shape index (κ3) is 6.24. The highest BCUT2D eigenvalue weighted by Crippen LogP contribution is 2.25. The van der Waals surface area contributed by atoms with Gasteiger partial charge in [-0.05, 0) is 36.8 Å². The van der Waals surface area contributed by atoms with Gasteiger partial charge in [-0.1, -0.05) is 35.9 Å². The van der Waals surface area contributed by atoms with Crippen molar-refractivity contribution in [2.24, 2.45) is 5.73 Å². The summed E-state index contributed by atoms with van der Waals surface area (Å²) >= 11 is 6.11. The fourth-order valence-electron chi connectivity index (χ4n) is 2.44. The number of nitrogens with one attached hydrogen (secondary N) is 2. The molecular formula is C19H19ClFN3O4. The van der Waals surface area contributed by atoms with Gasteiger partial charge in [0.1, 0.15) is 5.82 Å². The van der Waals surface area contributed by atoms with Crippen LogP contribution in [-0.4, -0.2) is 24.0 Å². The topological polar surface area (TPSA) is 111 Å². The van der Waals surface area contributed by atoms with Gasteiger partial charge in [0.05, 0.1) is 12.5 Å². The number of primary amides is 1. The zero-order valence-corrected chi connectivity index (χ0v) is 15.7. The van der Waals surface area contributed by atoms with Gasteiger partial charge in [-0.15, -0.1) is 0 Å². The van der Waals surface area contributed by atoms with Crippen molar-refractivity contribution >= 4 is 35.2 Å². The Bertz CT molecular complexity index is 878. The summed E-state index contributed by atoms with van der Waals surface area (Å²) < 4.78 is 18.3. The van der Waals surface area contributed by atoms with Crippen molar-refractivity contribution in [1.29, 1.82) is 0 Å². The number of nitrogens with two attached hydrogens (primary N) is 1. The molecule has 0 radical (unpaired) electrons. The van der Waals surface area contributed by atoms with E-state index in [9.17, 15) is 18.8 Å². The van der Waals surface area contributed by atoms with Gasteiger partial charge in [-0.2, -0.15) is 0 Å². The summed E-state index contributed by atoms with van der Waals surface area (Å²) in [6.07, 6.45) is -1.43. The van der Waals surface area contributed by atoms with Crippen LogP contribution in [-0.2, 0) is 14.3 Å². The first-order chi connectivity index (χ1) is 13.3. The molecule has 0 bridgehead atoms. The monoisotopic (exact) mass is 407 g/mol. The van der Waals surface area contributed by atoms with Crippen LogP contribution in [0, 0.1) is 5.82 Å². The lowest BCUT2D eigenvalue weighted by Gasteiger charge is -2.20. The van der Waals surface area contributed by atoms with Gasteiger partial charge < -0.3 is 21.1 Å². The van der Waals surface area contributed by atoms with Crippen LogP contribution in [0.25, 0.3) is 0 Å². The molecule has 7 nitrogen and oxygen atoms in total. The summed E-state index contributed by atoms with van der Waals surface area (Å²) in [5, 5.41) is 5.21. The van der Waals surface area contributed by atoms with Crippen LogP contribution in [0.2, 0.25) is 5.02 Å². The summed E-state index contributed by atoms with van der Waals surface area (Å²) in [7, 11) is 0. The number of ether oxygens (including phenoxy) is 1. The second-order valence-corrected chi connectivity index (χ2v) is 6.33. The van der Waals surface area contributed by atoms with Gasteiger partial charge in [0.25, 0.3) is 5.91 Å². The first kappa shape index (κ1) is 21.2. The van der Waals surface area contributed by atoms with Crippen molar-refractivity contribution in [2.45, 2.75) is 25.5 Å². The predicted molar refractivity (Wildman–Crippen MR) is 102 cm³/mol. The molecule has 0 heterocycles. The van der Waals surface area contributed by atoms with Gasteiger partial charge in [0.15, 0.2) is 6.10 Å². The van der Waals surface area contributed by atoms with Gasteiger partial charge >= 0.3 is 12.0 Å². The zero-order chi connectivity index (χ0) is 20.7. The molecular weight excluding hydrogens is 389 g/mol. The average molecular weight is 408 g/mol. The number of amides is 3. The fourth-order valence-corrected chi connectivity index (χ4v) is 2.71. The van der Waals surface area contributed by atoms with E-state index in [-0.39, 0.29) is 12.1 Å². The number of halogens is 2. The number of urea groups is 1. The first-order valence-corrected chi connectivity index (χ1v) is 8.70. The molecule has 0 spiro atoms. The molecule has 9 heteroatoms. The van der Waals surface area contributed by atoms with Gasteiger partial charge in [0.2, 0.25) is 0 Å². The number of hydrogen-bond donors (Lipinski definition) is 3. The Morgan fingerprint density at radius 1 is 1.18 bits per heavy atom. The number of benzene rings is 2. The number of rotatable bonds is 7. The minimum absolute atomic E-state index is 0.234. The van der Waals surface area contributed by atoms with E-state index in [2.05, 4.69) is 10.6 Å². The molecule has 2 atom stereocenters. The Hall–Kier alpha value is -3.13. The van der Waals surface area contributed by atoms with E-state index in [4.69, 9.17) is 22.1 Å². The van der Waals surface area contributed by atoms with E-state index in [1.54, 1.807) is 24.3 Å². The van der Waals surface area contributed by atoms with Crippen LogP contribution in [0.3, 0.4) is 0 Å². The Kier molecular flexibility index (Phi) is 7.34. The largest absolute Gasteiger partial charge is 0.452 e. The molecule has 0 aliphatic heterocycles. The molecule has 0 saturated heterocycles. The molecule has 0 aliphatic rings. The van der Waals surface area contributed by atoms with Gasteiger partial charge in [0, 0.05) is 10.7 Å². The molecule has 0 aliphatic carbocycles. The third-order valence-corrected chi connectivity index (χ3v) is 4.08. The van der Waals surface area contributed by atoms with Crippen LogP contribution in [0.5, 0.6) is 0 Å². The molecule has 28 heavy (non-hydrogen) atoms. The van der Waals surface area contributed by atoms with E-state index in [1.165, 1.54) is 25.1 Å². The normalized spacial score (nSPS) is 12.5. The molecule has 4 N–H and O–H groups in total. The van der Waals surface area contributed by atoms with Crippen LogP contribution in [0.15, 0.2) is 48.5 Å². The lowest BCUT2D eigenvalue weighted by Crippen LogP contribution is -2.36. The van der Waals surface area contributed by atoms with Crippen molar-refractivity contribution in [3.05, 3.63) is 64.9 Å². The Labute approximate surface area is 166 Å². The quantitative estimate of drug-likeness (QED) is 0.612. The van der Waals surface area contributed by atoms with E-state index < -0.39 is 35.9 Å². The second kappa shape index (κ2) is 9.70. The highest BCUT2D eigenvalue weighted by molar-refractivity contribution is 6.31. The predicted octanol–water partition coefficient (Wildman–Crippen LogP) is 3.15. The van der Waals surface area contributed by atoms with Crippen LogP contribution < -0.4 is 16.4 Å². The number of anilines is 1. The van der Waals surface area contributed by atoms with E-state index >= 15 is 0 Å². The van der Waals surface area contributed by atoms with Gasteiger partial charge in [-0.25, -0.2) is 9.18 Å². The maximum Gasteiger partial charge on any atom is 0.312 e. The van der Waals surface area contributed by atoms with E-state index in [0.717, 1.165) is 6.07 Å². The van der Waals surface area contributed by atoms with Crippen LogP contribution >= 0.6 is 11.6 Å². The van der Waals surface area contributed by atoms with Crippen LogP contribution in [0.1, 0.15) is 24.9 Å². The molecule has 2 aromatic rings. The molecule has 2 rings (SSSR count). The third-order valence-electron chi connectivity index (χ3n) is 3.74. The summed E-state index contributed by atoms with van der Waals surface area (Å²) in [6.45, 7) is 1.37. The average Bonchev–Trinajstić information content (AvgIpc) is 2.61. The number of esters is 1. The fraction of sp³-hybridized carbons (Fsp3) is 0.211. The Morgan fingerprint density at radius 3 is 2.54 bits per heavy atom. The van der Waals surface area contributed by atoms with Crippen molar-refractivity contribution in [3.8, 4) is 0 Å². The maximum atomic E-state index is 13.2. The smallest absolute Gasteiger partial charge is 0.312 e. The number of carbonyl (C=O) groups is 3. The number of carbonyl (C=O) groups excluding carboxylic acids is 3. The summed E-state index contributed by atoms with van der Waals surface area (Å²) in [6, 6.07) is 10.3. The summed E-state index contributed by atoms with van der Waals surface area (Å²) in [4.78, 5) is 35.6. The molecule has 0 aromatic heterocycles. The lowest BCUT2D eigenvalue weighted by atomic mass is 10.0. The zero-order valence-electron chi connectivity index (χ0n) is 14.9. The van der Waals surface area contributed by atoms with Crippen molar-refractivity contribution in [3.63, 3.8) is 0 Å². The molecule has 0 unspecified atom stereocenters. The minimum Gasteiger partial charge on any atom is -0.452 e. The second-order valence-electron chi connectivity index (χ2n) is 5.92. The Balaban J connectivity index is 2.00. The standard InChI is InChI=1S/C19H19ClFN3O4/c1-11(18(26)23-13-6-4-5-12(21)9-13)28-17(25)10-16(24-19(22)27)14-7-2-3-8-15(14)20/h2-9,11,16H,10H2,1H3,(H,23,26)(H3,22,24,27)/t11-,16+/m0/s1. The summed E-state index contributed by atoms with van der Waals surface area (Å²) in [5.41, 5.74) is 5.88. The maximum absolute atomic E-state index is 13.2. The molecule has 3 amide bonds. The van der Waals surface area contributed by atoms with Crippen molar-refractivity contribution in [2.75, 3.05) is 5.32 Å². The molecule has 0 saturated carbocycles. The number of hydrogen-bond acceptors (Lipinski definition) is 4. The van der Waals surface area contributed by atoms with Gasteiger partial charge in [-0.3, -0.25) is 9.59 Å². The van der Waals surface area contributed by atoms with Crippen LogP contribution in [0.4, 0.5) is 14.9 Å². The molecule has 2 aromatic carbocycles. The summed E-state index contributed by atoms with van der Waals surface area (Å²) in [5.74, 6) is -1.89. The lowest BCUT2D eigenvalue weighted by molar-refractivity contribution is -0.153. The van der Waals surface area contributed by atoms with Crippen molar-refractivity contribution < 1.29 is 23.5 Å². The molecule has 0 fully saturated rings. The highest BCUT2D eigenvalue weighted by Gasteiger charge is 2.24. The van der Waals surface area contributed by atoms with E-state index in [1.807, 2.05) is 0 Å². The SMILES string of the molecule is C[C@H](OC(=O)C[C@@H](NC(N)=O)c1ccccc1Cl)C(=O)Nc1cccc(F)c1. The Morgan fingerprint density at radius 2 is 1.89 bits per heavy atom.